The minimum atomic E-state index is -4.42. The number of amides is 3. The summed E-state index contributed by atoms with van der Waals surface area (Å²) in [7, 11) is 0. The standard InChI is InChI=1S/C22H27F3N4O3S/c1-13-12-29(16-8-6-15(7-9-16)22(23,24)25)19(33-13)27-18(30)28-11-10-17(14(28)2)26-20(31)32-21(3,4)5/h6-9,12,14,17H,10-11H2,1-5H3,(H,26,31)/b27-19-/t14-,17+/m1/s1. The number of alkyl halides is 3. The molecule has 0 spiro atoms. The molecule has 1 N–H and O–H groups in total. The molecule has 0 saturated carbocycles. The van der Waals surface area contributed by atoms with Crippen molar-refractivity contribution in [3.8, 4) is 5.69 Å². The van der Waals surface area contributed by atoms with Gasteiger partial charge in [0.25, 0.3) is 0 Å². The zero-order valence-corrected chi connectivity index (χ0v) is 19.9. The average Bonchev–Trinajstić information content (AvgIpc) is 3.22. The smallest absolute Gasteiger partial charge is 0.416 e. The molecule has 7 nitrogen and oxygen atoms in total. The van der Waals surface area contributed by atoms with E-state index in [0.717, 1.165) is 17.0 Å². The fourth-order valence-electron chi connectivity index (χ4n) is 3.54. The topological polar surface area (TPSA) is 75.9 Å². The molecule has 3 amide bonds. The zero-order chi connectivity index (χ0) is 24.6. The lowest BCUT2D eigenvalue weighted by Gasteiger charge is -2.25. The molecule has 3 rings (SSSR count). The van der Waals surface area contributed by atoms with Crippen LogP contribution in [0.1, 0.15) is 44.6 Å². The highest BCUT2D eigenvalue weighted by molar-refractivity contribution is 7.09. The molecule has 2 atom stereocenters. The number of likely N-dealkylation sites (tertiary alicyclic amines) is 1. The first-order valence-electron chi connectivity index (χ1n) is 10.5. The first kappa shape index (κ1) is 24.8. The van der Waals surface area contributed by atoms with E-state index < -0.39 is 29.5 Å². The van der Waals surface area contributed by atoms with Crippen LogP contribution in [0.15, 0.2) is 35.5 Å². The van der Waals surface area contributed by atoms with E-state index in [-0.39, 0.29) is 12.1 Å². The first-order valence-corrected chi connectivity index (χ1v) is 11.3. The van der Waals surface area contributed by atoms with Crippen molar-refractivity contribution in [2.24, 2.45) is 4.99 Å². The first-order chi connectivity index (χ1) is 15.2. The monoisotopic (exact) mass is 484 g/mol. The molecule has 11 heteroatoms. The second-order valence-electron chi connectivity index (χ2n) is 8.91. The summed E-state index contributed by atoms with van der Waals surface area (Å²) in [6.45, 7) is 9.38. The Bertz CT molecular complexity index is 1080. The van der Waals surface area contributed by atoms with Crippen LogP contribution in [0.5, 0.6) is 0 Å². The molecule has 0 bridgehead atoms. The summed E-state index contributed by atoms with van der Waals surface area (Å²) in [5.41, 5.74) is -0.902. The molecule has 0 aliphatic carbocycles. The SMILES string of the molecule is Cc1cn(-c2ccc(C(F)(F)F)cc2)/c(=N/C(=O)N2CC[C@H](NC(=O)OC(C)(C)C)[C@H]2C)s1. The van der Waals surface area contributed by atoms with Gasteiger partial charge in [-0.25, -0.2) is 9.59 Å². The van der Waals surface area contributed by atoms with E-state index in [1.165, 1.54) is 23.5 Å². The molecule has 1 aliphatic heterocycles. The van der Waals surface area contributed by atoms with Crippen LogP contribution in [0.4, 0.5) is 22.8 Å². The second-order valence-corrected chi connectivity index (χ2v) is 10.1. The summed E-state index contributed by atoms with van der Waals surface area (Å²) in [5, 5.41) is 2.80. The van der Waals surface area contributed by atoms with E-state index in [4.69, 9.17) is 4.74 Å². The van der Waals surface area contributed by atoms with E-state index in [0.29, 0.717) is 23.5 Å². The Morgan fingerprint density at radius 3 is 2.39 bits per heavy atom. The van der Waals surface area contributed by atoms with Gasteiger partial charge in [0, 0.05) is 23.3 Å². The van der Waals surface area contributed by atoms with Crippen LogP contribution in [-0.4, -0.2) is 45.8 Å². The third-order valence-corrected chi connectivity index (χ3v) is 6.03. The van der Waals surface area contributed by atoms with Gasteiger partial charge in [-0.15, -0.1) is 11.3 Å². The van der Waals surface area contributed by atoms with E-state index in [9.17, 15) is 22.8 Å². The maximum atomic E-state index is 12.9. The fraction of sp³-hybridized carbons (Fsp3) is 0.500. The van der Waals surface area contributed by atoms with Crippen LogP contribution in [0, 0.1) is 6.92 Å². The highest BCUT2D eigenvalue weighted by atomic mass is 32.1. The Labute approximate surface area is 193 Å². The molecule has 180 valence electrons. The number of carbonyl (C=O) groups excluding carboxylic acids is 2. The highest BCUT2D eigenvalue weighted by Crippen LogP contribution is 2.29. The number of aromatic nitrogens is 1. The Morgan fingerprint density at radius 1 is 1.18 bits per heavy atom. The second kappa shape index (κ2) is 9.20. The number of hydrogen-bond acceptors (Lipinski definition) is 4. The van der Waals surface area contributed by atoms with Crippen LogP contribution in [-0.2, 0) is 10.9 Å². The number of benzene rings is 1. The lowest BCUT2D eigenvalue weighted by atomic mass is 10.1. The zero-order valence-electron chi connectivity index (χ0n) is 19.1. The van der Waals surface area contributed by atoms with Crippen molar-refractivity contribution in [3.05, 3.63) is 45.7 Å². The van der Waals surface area contributed by atoms with Gasteiger partial charge < -0.3 is 15.0 Å². The van der Waals surface area contributed by atoms with Crippen LogP contribution in [0.3, 0.4) is 0 Å². The van der Waals surface area contributed by atoms with Gasteiger partial charge in [0.2, 0.25) is 0 Å². The summed E-state index contributed by atoms with van der Waals surface area (Å²) in [6.07, 6.45) is -2.68. The van der Waals surface area contributed by atoms with Crippen LogP contribution in [0.2, 0.25) is 0 Å². The molecule has 2 heterocycles. The average molecular weight is 485 g/mol. The number of nitrogens with zero attached hydrogens (tertiary/aromatic N) is 3. The predicted molar refractivity (Wildman–Crippen MR) is 118 cm³/mol. The van der Waals surface area contributed by atoms with Crippen molar-refractivity contribution in [2.75, 3.05) is 6.54 Å². The molecule has 1 aromatic carbocycles. The van der Waals surface area contributed by atoms with Crippen molar-refractivity contribution in [2.45, 2.75) is 64.9 Å². The number of carbonyl (C=O) groups is 2. The minimum Gasteiger partial charge on any atom is -0.444 e. The molecule has 1 aliphatic rings. The number of ether oxygens (including phenoxy) is 1. The van der Waals surface area contributed by atoms with Gasteiger partial charge in [0.05, 0.1) is 17.6 Å². The summed E-state index contributed by atoms with van der Waals surface area (Å²) in [4.78, 5) is 32.0. The largest absolute Gasteiger partial charge is 0.444 e. The molecule has 1 saturated heterocycles. The number of alkyl carbamates (subject to hydrolysis) is 1. The van der Waals surface area contributed by atoms with Gasteiger partial charge in [0.1, 0.15) is 5.60 Å². The van der Waals surface area contributed by atoms with Crippen LogP contribution >= 0.6 is 11.3 Å². The summed E-state index contributed by atoms with van der Waals surface area (Å²) in [6, 6.07) is 3.64. The molecular weight excluding hydrogens is 457 g/mol. The fourth-order valence-corrected chi connectivity index (χ4v) is 4.36. The number of halogens is 3. The van der Waals surface area contributed by atoms with Gasteiger partial charge in [-0.1, -0.05) is 0 Å². The molecule has 33 heavy (non-hydrogen) atoms. The molecule has 0 radical (unpaired) electrons. The lowest BCUT2D eigenvalue weighted by molar-refractivity contribution is -0.137. The number of hydrogen-bond donors (Lipinski definition) is 1. The van der Waals surface area contributed by atoms with Crippen molar-refractivity contribution < 1.29 is 27.5 Å². The van der Waals surface area contributed by atoms with Gasteiger partial charge in [-0.2, -0.15) is 18.2 Å². The molecule has 0 unspecified atom stereocenters. The minimum absolute atomic E-state index is 0.272. The summed E-state index contributed by atoms with van der Waals surface area (Å²) >= 11 is 1.26. The van der Waals surface area contributed by atoms with Crippen molar-refractivity contribution in [1.82, 2.24) is 14.8 Å². The van der Waals surface area contributed by atoms with Gasteiger partial charge in [-0.3, -0.25) is 4.57 Å². The third kappa shape index (κ3) is 6.16. The third-order valence-electron chi connectivity index (χ3n) is 5.14. The maximum absolute atomic E-state index is 12.9. The normalized spacial score (nSPS) is 19.6. The molecular formula is C22H27F3N4O3S. The number of rotatable bonds is 2. The van der Waals surface area contributed by atoms with E-state index in [1.54, 1.807) is 36.4 Å². The predicted octanol–water partition coefficient (Wildman–Crippen LogP) is 4.87. The Morgan fingerprint density at radius 2 is 1.82 bits per heavy atom. The van der Waals surface area contributed by atoms with E-state index in [1.807, 2.05) is 13.8 Å². The number of urea groups is 1. The molecule has 1 fully saturated rings. The summed E-state index contributed by atoms with van der Waals surface area (Å²) in [5.74, 6) is 0. The number of aryl methyl sites for hydroxylation is 1. The van der Waals surface area contributed by atoms with Crippen LogP contribution in [0.25, 0.3) is 5.69 Å². The van der Waals surface area contributed by atoms with E-state index >= 15 is 0 Å². The maximum Gasteiger partial charge on any atom is 0.416 e. The molecule has 2 aromatic rings. The lowest BCUT2D eigenvalue weighted by Crippen LogP contribution is -2.46. The van der Waals surface area contributed by atoms with Crippen molar-refractivity contribution in [1.29, 1.82) is 0 Å². The Kier molecular flexibility index (Phi) is 6.92. The quantitative estimate of drug-likeness (QED) is 0.661. The van der Waals surface area contributed by atoms with E-state index in [2.05, 4.69) is 10.3 Å². The number of nitrogens with one attached hydrogen (secondary N) is 1. The van der Waals surface area contributed by atoms with Crippen LogP contribution < -0.4 is 10.1 Å². The van der Waals surface area contributed by atoms with Gasteiger partial charge in [0.15, 0.2) is 4.80 Å². The molecule has 1 aromatic heterocycles. The summed E-state index contributed by atoms with van der Waals surface area (Å²) < 4.78 is 45.5. The van der Waals surface area contributed by atoms with Gasteiger partial charge in [-0.05, 0) is 65.3 Å². The van der Waals surface area contributed by atoms with Gasteiger partial charge >= 0.3 is 18.3 Å². The Hall–Kier alpha value is -2.82. The van der Waals surface area contributed by atoms with Crippen molar-refractivity contribution >= 4 is 23.5 Å². The van der Waals surface area contributed by atoms with Crippen molar-refractivity contribution in [3.63, 3.8) is 0 Å². The number of thiazole rings is 1. The Balaban J connectivity index is 1.78. The highest BCUT2D eigenvalue weighted by Gasteiger charge is 2.35.